The number of halogens is 1. The van der Waals surface area contributed by atoms with Gasteiger partial charge in [0.05, 0.1) is 0 Å². The lowest BCUT2D eigenvalue weighted by Gasteiger charge is -2.28. The summed E-state index contributed by atoms with van der Waals surface area (Å²) in [6, 6.07) is 24.8. The molecule has 0 saturated carbocycles. The Hall–Kier alpha value is -2.62. The first-order chi connectivity index (χ1) is 16.1. The molecule has 1 unspecified atom stereocenters. The summed E-state index contributed by atoms with van der Waals surface area (Å²) in [5, 5.41) is 3.76. The Morgan fingerprint density at radius 3 is 2.03 bits per heavy atom. The Kier molecular flexibility index (Phi) is 8.20. The first-order valence-electron chi connectivity index (χ1n) is 12.1. The predicted molar refractivity (Wildman–Crippen MR) is 138 cm³/mol. The standard InChI is InChI=1S/C29H33ClN2O/c1-22(32-20-4-2-3-5-21-32)24-8-6-23(7-9-24)18-19-31-29(33)27-12-10-25(11-13-27)26-14-16-28(30)17-15-26/h6-17,22H,2-5,18-21H2,1H3,(H,31,33). The zero-order valence-electron chi connectivity index (χ0n) is 19.4. The summed E-state index contributed by atoms with van der Waals surface area (Å²) in [6.07, 6.45) is 6.17. The Morgan fingerprint density at radius 1 is 0.848 bits per heavy atom. The van der Waals surface area contributed by atoms with Gasteiger partial charge in [-0.05, 0) is 85.8 Å². The van der Waals surface area contributed by atoms with Gasteiger partial charge in [-0.15, -0.1) is 0 Å². The molecular formula is C29H33ClN2O. The molecule has 1 amide bonds. The van der Waals surface area contributed by atoms with Gasteiger partial charge in [0.2, 0.25) is 0 Å². The van der Waals surface area contributed by atoms with Crippen molar-refractivity contribution in [3.63, 3.8) is 0 Å². The lowest BCUT2D eigenvalue weighted by molar-refractivity contribution is 0.0954. The van der Waals surface area contributed by atoms with Crippen LogP contribution in [0.3, 0.4) is 0 Å². The zero-order valence-corrected chi connectivity index (χ0v) is 20.2. The summed E-state index contributed by atoms with van der Waals surface area (Å²) in [6.45, 7) is 5.35. The van der Waals surface area contributed by atoms with Crippen molar-refractivity contribution in [2.75, 3.05) is 19.6 Å². The molecule has 1 aliphatic rings. The molecule has 0 aliphatic carbocycles. The lowest BCUT2D eigenvalue weighted by atomic mass is 10.0. The Balaban J connectivity index is 1.26. The molecule has 1 heterocycles. The van der Waals surface area contributed by atoms with Crippen molar-refractivity contribution in [1.29, 1.82) is 0 Å². The van der Waals surface area contributed by atoms with Gasteiger partial charge in [-0.25, -0.2) is 0 Å². The highest BCUT2D eigenvalue weighted by atomic mass is 35.5. The predicted octanol–water partition coefficient (Wildman–Crippen LogP) is 6.92. The minimum absolute atomic E-state index is 0.0379. The Bertz CT molecular complexity index is 1020. The highest BCUT2D eigenvalue weighted by molar-refractivity contribution is 6.30. The van der Waals surface area contributed by atoms with Gasteiger partial charge in [0.15, 0.2) is 0 Å². The SMILES string of the molecule is CC(c1ccc(CCNC(=O)c2ccc(-c3ccc(Cl)cc3)cc2)cc1)N1CCCCCC1. The van der Waals surface area contributed by atoms with Crippen LogP contribution < -0.4 is 5.32 Å². The van der Waals surface area contributed by atoms with E-state index >= 15 is 0 Å². The third-order valence-electron chi connectivity index (χ3n) is 6.67. The van der Waals surface area contributed by atoms with Gasteiger partial charge in [0.25, 0.3) is 5.91 Å². The van der Waals surface area contributed by atoms with E-state index in [2.05, 4.69) is 41.4 Å². The molecule has 3 aromatic rings. The molecule has 3 aromatic carbocycles. The number of rotatable bonds is 7. The van der Waals surface area contributed by atoms with E-state index in [9.17, 15) is 4.79 Å². The molecule has 1 saturated heterocycles. The number of carbonyl (C=O) groups excluding carboxylic acids is 1. The smallest absolute Gasteiger partial charge is 0.251 e. The maximum absolute atomic E-state index is 12.5. The minimum atomic E-state index is -0.0379. The number of hydrogen-bond acceptors (Lipinski definition) is 2. The summed E-state index contributed by atoms with van der Waals surface area (Å²) >= 11 is 5.96. The second-order valence-electron chi connectivity index (χ2n) is 8.96. The third-order valence-corrected chi connectivity index (χ3v) is 6.93. The molecule has 4 rings (SSSR count). The van der Waals surface area contributed by atoms with Crippen LogP contribution in [0.2, 0.25) is 5.02 Å². The van der Waals surface area contributed by atoms with E-state index in [-0.39, 0.29) is 5.91 Å². The van der Waals surface area contributed by atoms with Gasteiger partial charge >= 0.3 is 0 Å². The Morgan fingerprint density at radius 2 is 1.42 bits per heavy atom. The van der Waals surface area contributed by atoms with E-state index in [4.69, 9.17) is 11.6 Å². The summed E-state index contributed by atoms with van der Waals surface area (Å²) < 4.78 is 0. The lowest BCUT2D eigenvalue weighted by Crippen LogP contribution is -2.28. The molecule has 33 heavy (non-hydrogen) atoms. The highest BCUT2D eigenvalue weighted by Gasteiger charge is 2.17. The maximum atomic E-state index is 12.5. The molecule has 1 fully saturated rings. The highest BCUT2D eigenvalue weighted by Crippen LogP contribution is 2.24. The maximum Gasteiger partial charge on any atom is 0.251 e. The molecule has 172 valence electrons. The van der Waals surface area contributed by atoms with Gasteiger partial charge in [0.1, 0.15) is 0 Å². The number of likely N-dealkylation sites (tertiary alicyclic amines) is 1. The number of benzene rings is 3. The fourth-order valence-corrected chi connectivity index (χ4v) is 4.66. The van der Waals surface area contributed by atoms with Crippen LogP contribution in [-0.4, -0.2) is 30.4 Å². The quantitative estimate of drug-likeness (QED) is 0.415. The van der Waals surface area contributed by atoms with E-state index in [1.165, 1.54) is 49.9 Å². The minimum Gasteiger partial charge on any atom is -0.352 e. The summed E-state index contributed by atoms with van der Waals surface area (Å²) in [5.41, 5.74) is 5.46. The molecule has 1 N–H and O–H groups in total. The van der Waals surface area contributed by atoms with Crippen LogP contribution in [0.1, 0.15) is 60.1 Å². The average molecular weight is 461 g/mol. The molecule has 4 heteroatoms. The molecule has 0 aromatic heterocycles. The monoisotopic (exact) mass is 460 g/mol. The van der Waals surface area contributed by atoms with Crippen molar-refractivity contribution in [2.24, 2.45) is 0 Å². The normalized spacial score (nSPS) is 15.6. The van der Waals surface area contributed by atoms with Crippen molar-refractivity contribution in [1.82, 2.24) is 10.2 Å². The number of nitrogens with one attached hydrogen (secondary N) is 1. The summed E-state index contributed by atoms with van der Waals surface area (Å²) in [5.74, 6) is -0.0379. The van der Waals surface area contributed by atoms with Crippen LogP contribution in [0.4, 0.5) is 0 Å². The van der Waals surface area contributed by atoms with E-state index in [0.717, 1.165) is 22.6 Å². The largest absolute Gasteiger partial charge is 0.352 e. The van der Waals surface area contributed by atoms with E-state index < -0.39 is 0 Å². The first-order valence-corrected chi connectivity index (χ1v) is 12.4. The van der Waals surface area contributed by atoms with Crippen LogP contribution >= 0.6 is 11.6 Å². The summed E-state index contributed by atoms with van der Waals surface area (Å²) in [7, 11) is 0. The van der Waals surface area contributed by atoms with E-state index in [0.29, 0.717) is 18.2 Å². The van der Waals surface area contributed by atoms with Gasteiger partial charge < -0.3 is 5.32 Å². The van der Waals surface area contributed by atoms with Crippen LogP contribution in [-0.2, 0) is 6.42 Å². The van der Waals surface area contributed by atoms with Crippen LogP contribution in [0, 0.1) is 0 Å². The molecule has 0 spiro atoms. The molecule has 0 radical (unpaired) electrons. The van der Waals surface area contributed by atoms with Gasteiger partial charge in [-0.1, -0.05) is 73.0 Å². The van der Waals surface area contributed by atoms with Gasteiger partial charge in [0, 0.05) is 23.2 Å². The number of hydrogen-bond donors (Lipinski definition) is 1. The van der Waals surface area contributed by atoms with Crippen LogP contribution in [0.25, 0.3) is 11.1 Å². The van der Waals surface area contributed by atoms with E-state index in [1.807, 2.05) is 48.5 Å². The fraction of sp³-hybridized carbons (Fsp3) is 0.345. The Labute approximate surface area is 202 Å². The van der Waals surface area contributed by atoms with Crippen molar-refractivity contribution in [3.05, 3.63) is 94.5 Å². The van der Waals surface area contributed by atoms with Gasteiger partial charge in [-0.3, -0.25) is 9.69 Å². The van der Waals surface area contributed by atoms with E-state index in [1.54, 1.807) is 0 Å². The molecule has 1 aliphatic heterocycles. The van der Waals surface area contributed by atoms with Crippen molar-refractivity contribution >= 4 is 17.5 Å². The topological polar surface area (TPSA) is 32.3 Å². The average Bonchev–Trinajstić information content (AvgIpc) is 3.14. The van der Waals surface area contributed by atoms with Crippen molar-refractivity contribution < 1.29 is 4.79 Å². The molecular weight excluding hydrogens is 428 g/mol. The number of nitrogens with zero attached hydrogens (tertiary/aromatic N) is 1. The fourth-order valence-electron chi connectivity index (χ4n) is 4.53. The first kappa shape index (κ1) is 23.5. The van der Waals surface area contributed by atoms with Crippen molar-refractivity contribution in [2.45, 2.75) is 45.1 Å². The summed E-state index contributed by atoms with van der Waals surface area (Å²) in [4.78, 5) is 15.2. The van der Waals surface area contributed by atoms with Crippen LogP contribution in [0.5, 0.6) is 0 Å². The second kappa shape index (κ2) is 11.5. The second-order valence-corrected chi connectivity index (χ2v) is 9.39. The molecule has 0 bridgehead atoms. The molecule has 1 atom stereocenters. The zero-order chi connectivity index (χ0) is 23.0. The van der Waals surface area contributed by atoms with Crippen LogP contribution in [0.15, 0.2) is 72.8 Å². The molecule has 3 nitrogen and oxygen atoms in total. The third kappa shape index (κ3) is 6.46. The number of amides is 1. The van der Waals surface area contributed by atoms with Gasteiger partial charge in [-0.2, -0.15) is 0 Å². The number of carbonyl (C=O) groups is 1. The van der Waals surface area contributed by atoms with Crippen molar-refractivity contribution in [3.8, 4) is 11.1 Å².